The molecule has 3 heterocycles. The summed E-state index contributed by atoms with van der Waals surface area (Å²) < 4.78 is 35.9. The Morgan fingerprint density at radius 2 is 1.85 bits per heavy atom. The van der Waals surface area contributed by atoms with Crippen molar-refractivity contribution in [2.24, 2.45) is 0 Å². The first-order chi connectivity index (χ1) is 13.1. The van der Waals surface area contributed by atoms with Crippen LogP contribution in [-0.4, -0.2) is 63.3 Å². The zero-order chi connectivity index (χ0) is 18.8. The van der Waals surface area contributed by atoms with E-state index in [1.807, 2.05) is 0 Å². The molecule has 8 nitrogen and oxygen atoms in total. The number of nitrogens with zero attached hydrogens (tertiary/aromatic N) is 5. The third-order valence-electron chi connectivity index (χ3n) is 4.17. The molecule has 1 amide bonds. The van der Waals surface area contributed by atoms with E-state index in [2.05, 4.69) is 19.9 Å². The number of ether oxygens (including phenoxy) is 2. The molecule has 0 unspecified atom stereocenters. The summed E-state index contributed by atoms with van der Waals surface area (Å²) in [5.74, 6) is 0.247. The number of amides is 1. The minimum Gasteiger partial charge on any atom is -0.435 e. The Kier molecular flexibility index (Phi) is 4.63. The summed E-state index contributed by atoms with van der Waals surface area (Å²) in [7, 11) is 0. The monoisotopic (exact) mass is 375 g/mol. The van der Waals surface area contributed by atoms with Gasteiger partial charge in [0.15, 0.2) is 11.5 Å². The molecule has 27 heavy (non-hydrogen) atoms. The van der Waals surface area contributed by atoms with Gasteiger partial charge in [-0.3, -0.25) is 14.2 Å². The van der Waals surface area contributed by atoms with Crippen LogP contribution in [0.3, 0.4) is 0 Å². The molecular formula is C17H15F2N5O3. The molecule has 0 atom stereocenters. The van der Waals surface area contributed by atoms with Gasteiger partial charge in [0.2, 0.25) is 0 Å². The lowest BCUT2D eigenvalue weighted by Crippen LogP contribution is -2.41. The molecule has 140 valence electrons. The molecule has 1 aliphatic heterocycles. The van der Waals surface area contributed by atoms with Crippen LogP contribution in [-0.2, 0) is 4.74 Å². The van der Waals surface area contributed by atoms with Crippen molar-refractivity contribution in [3.05, 3.63) is 42.4 Å². The van der Waals surface area contributed by atoms with Gasteiger partial charge in [-0.25, -0.2) is 0 Å². The number of hydrogen-bond acceptors (Lipinski definition) is 6. The standard InChI is InChI=1S/C17H15F2N5O3/c18-17(19)27-12-3-1-11(2-4-12)15-22-21-14-10-20-9-13(24(14)15)16(25)23-5-7-26-8-6-23/h1-4,9-10,17H,5-8H2. The van der Waals surface area contributed by atoms with Crippen molar-refractivity contribution in [1.29, 1.82) is 0 Å². The maximum absolute atomic E-state index is 12.9. The Balaban J connectivity index is 1.73. The van der Waals surface area contributed by atoms with Crippen LogP contribution in [0.4, 0.5) is 8.78 Å². The predicted octanol–water partition coefficient (Wildman–Crippen LogP) is 1.87. The van der Waals surface area contributed by atoms with Gasteiger partial charge in [0, 0.05) is 18.7 Å². The van der Waals surface area contributed by atoms with Gasteiger partial charge in [0.05, 0.1) is 25.6 Å². The van der Waals surface area contributed by atoms with Gasteiger partial charge < -0.3 is 14.4 Å². The molecule has 0 aliphatic carbocycles. The van der Waals surface area contributed by atoms with E-state index in [0.29, 0.717) is 49.0 Å². The number of hydrogen-bond donors (Lipinski definition) is 0. The largest absolute Gasteiger partial charge is 0.435 e. The summed E-state index contributed by atoms with van der Waals surface area (Å²) in [5, 5.41) is 8.19. The number of fused-ring (bicyclic) bond motifs is 1. The molecule has 1 saturated heterocycles. The van der Waals surface area contributed by atoms with E-state index in [1.54, 1.807) is 21.4 Å². The number of halogens is 2. The van der Waals surface area contributed by atoms with Crippen molar-refractivity contribution in [3.8, 4) is 17.1 Å². The summed E-state index contributed by atoms with van der Waals surface area (Å²) in [4.78, 5) is 18.7. The fourth-order valence-corrected chi connectivity index (χ4v) is 2.90. The Hall–Kier alpha value is -3.14. The molecule has 10 heteroatoms. The van der Waals surface area contributed by atoms with E-state index in [4.69, 9.17) is 4.74 Å². The van der Waals surface area contributed by atoms with Gasteiger partial charge in [0.25, 0.3) is 5.91 Å². The molecule has 3 aromatic rings. The van der Waals surface area contributed by atoms with E-state index in [1.165, 1.54) is 24.5 Å². The topological polar surface area (TPSA) is 81.8 Å². The maximum Gasteiger partial charge on any atom is 0.387 e. The van der Waals surface area contributed by atoms with E-state index < -0.39 is 6.61 Å². The first-order valence-electron chi connectivity index (χ1n) is 8.25. The molecule has 0 spiro atoms. The summed E-state index contributed by atoms with van der Waals surface area (Å²) in [6, 6.07) is 5.98. The highest BCUT2D eigenvalue weighted by Crippen LogP contribution is 2.24. The summed E-state index contributed by atoms with van der Waals surface area (Å²) in [6.45, 7) is -0.946. The summed E-state index contributed by atoms with van der Waals surface area (Å²) in [5.41, 5.74) is 1.34. The third-order valence-corrected chi connectivity index (χ3v) is 4.17. The highest BCUT2D eigenvalue weighted by molar-refractivity contribution is 5.93. The zero-order valence-electron chi connectivity index (χ0n) is 14.1. The Morgan fingerprint density at radius 3 is 2.56 bits per heavy atom. The lowest BCUT2D eigenvalue weighted by Gasteiger charge is -2.27. The van der Waals surface area contributed by atoms with Gasteiger partial charge in [0.1, 0.15) is 11.4 Å². The molecule has 1 aromatic carbocycles. The van der Waals surface area contributed by atoms with Crippen molar-refractivity contribution in [2.45, 2.75) is 6.61 Å². The first kappa shape index (κ1) is 17.3. The van der Waals surface area contributed by atoms with Crippen LogP contribution < -0.4 is 4.74 Å². The summed E-state index contributed by atoms with van der Waals surface area (Å²) in [6.07, 6.45) is 2.97. The molecule has 0 N–H and O–H groups in total. The van der Waals surface area contributed by atoms with Crippen molar-refractivity contribution in [2.75, 3.05) is 26.3 Å². The van der Waals surface area contributed by atoms with E-state index >= 15 is 0 Å². The normalized spacial score (nSPS) is 14.7. The van der Waals surface area contributed by atoms with Crippen LogP contribution >= 0.6 is 0 Å². The van der Waals surface area contributed by atoms with Gasteiger partial charge >= 0.3 is 6.61 Å². The molecule has 0 bridgehead atoms. The van der Waals surface area contributed by atoms with Gasteiger partial charge in [-0.05, 0) is 24.3 Å². The second-order valence-corrected chi connectivity index (χ2v) is 5.82. The molecule has 2 aromatic heterocycles. The fourth-order valence-electron chi connectivity index (χ4n) is 2.90. The fraction of sp³-hybridized carbons (Fsp3) is 0.294. The average molecular weight is 375 g/mol. The predicted molar refractivity (Wildman–Crippen MR) is 89.6 cm³/mol. The maximum atomic E-state index is 12.9. The van der Waals surface area contributed by atoms with Gasteiger partial charge in [-0.15, -0.1) is 10.2 Å². The van der Waals surface area contributed by atoms with Crippen molar-refractivity contribution in [3.63, 3.8) is 0 Å². The van der Waals surface area contributed by atoms with E-state index in [9.17, 15) is 13.6 Å². The summed E-state index contributed by atoms with van der Waals surface area (Å²) >= 11 is 0. The Bertz CT molecular complexity index is 955. The molecule has 1 fully saturated rings. The van der Waals surface area contributed by atoms with Crippen LogP contribution in [0.2, 0.25) is 0 Å². The van der Waals surface area contributed by atoms with Gasteiger partial charge in [-0.1, -0.05) is 0 Å². The second kappa shape index (κ2) is 7.23. The smallest absolute Gasteiger partial charge is 0.387 e. The van der Waals surface area contributed by atoms with Crippen LogP contribution in [0.25, 0.3) is 17.0 Å². The van der Waals surface area contributed by atoms with Crippen LogP contribution in [0.5, 0.6) is 5.75 Å². The Labute approximate surface area is 152 Å². The highest BCUT2D eigenvalue weighted by Gasteiger charge is 2.23. The number of rotatable bonds is 4. The molecular weight excluding hydrogens is 360 g/mol. The molecule has 0 saturated carbocycles. The van der Waals surface area contributed by atoms with E-state index in [-0.39, 0.29) is 11.7 Å². The van der Waals surface area contributed by atoms with Crippen molar-refractivity contribution < 1.29 is 23.0 Å². The average Bonchev–Trinajstić information content (AvgIpc) is 3.12. The Morgan fingerprint density at radius 1 is 1.11 bits per heavy atom. The minimum atomic E-state index is -2.89. The van der Waals surface area contributed by atoms with Gasteiger partial charge in [-0.2, -0.15) is 8.78 Å². The van der Waals surface area contributed by atoms with Crippen LogP contribution in [0, 0.1) is 0 Å². The number of alkyl halides is 2. The number of carbonyl (C=O) groups is 1. The zero-order valence-corrected chi connectivity index (χ0v) is 14.1. The van der Waals surface area contributed by atoms with Crippen molar-refractivity contribution >= 4 is 11.6 Å². The molecule has 4 rings (SSSR count). The number of benzene rings is 1. The number of aromatic nitrogens is 4. The highest BCUT2D eigenvalue weighted by atomic mass is 19.3. The lowest BCUT2D eigenvalue weighted by molar-refractivity contribution is -0.0498. The van der Waals surface area contributed by atoms with Crippen molar-refractivity contribution in [1.82, 2.24) is 24.5 Å². The molecule has 0 radical (unpaired) electrons. The third kappa shape index (κ3) is 3.43. The number of morpholine rings is 1. The first-order valence-corrected chi connectivity index (χ1v) is 8.25. The van der Waals surface area contributed by atoms with Crippen LogP contribution in [0.15, 0.2) is 36.7 Å². The quantitative estimate of drug-likeness (QED) is 0.692. The van der Waals surface area contributed by atoms with Crippen LogP contribution in [0.1, 0.15) is 10.5 Å². The SMILES string of the molecule is O=C(c1cncc2nnc(-c3ccc(OC(F)F)cc3)n12)N1CCOCC1. The van der Waals surface area contributed by atoms with E-state index in [0.717, 1.165) is 0 Å². The lowest BCUT2D eigenvalue weighted by atomic mass is 10.2. The number of carbonyl (C=O) groups excluding carboxylic acids is 1. The molecule has 1 aliphatic rings. The second-order valence-electron chi connectivity index (χ2n) is 5.82. The minimum absolute atomic E-state index is 0.0360.